The maximum absolute atomic E-state index is 13.5. The lowest BCUT2D eigenvalue weighted by Crippen LogP contribution is -2.39. The first-order valence-corrected chi connectivity index (χ1v) is 13.4. The fourth-order valence-electron chi connectivity index (χ4n) is 5.39. The number of carbonyl (C=O) groups excluding carboxylic acids is 2. The van der Waals surface area contributed by atoms with Crippen LogP contribution in [-0.4, -0.2) is 90.0 Å². The van der Waals surface area contributed by atoms with Crippen LogP contribution in [0.1, 0.15) is 29.3 Å². The van der Waals surface area contributed by atoms with E-state index in [4.69, 9.17) is 14.2 Å². The molecule has 210 valence electrons. The summed E-state index contributed by atoms with van der Waals surface area (Å²) in [4.78, 5) is 30.8. The minimum absolute atomic E-state index is 0.0271. The smallest absolute Gasteiger partial charge is 0.295 e. The van der Waals surface area contributed by atoms with Gasteiger partial charge in [-0.2, -0.15) is 5.10 Å². The van der Waals surface area contributed by atoms with E-state index in [2.05, 4.69) is 10.00 Å². The number of hydrogen-bond acceptors (Lipinski definition) is 8. The van der Waals surface area contributed by atoms with Crippen molar-refractivity contribution >= 4 is 17.4 Å². The molecular formula is C30H34N4O6. The highest BCUT2D eigenvalue weighted by atomic mass is 16.5. The van der Waals surface area contributed by atoms with E-state index in [9.17, 15) is 14.7 Å². The van der Waals surface area contributed by atoms with Crippen LogP contribution >= 0.6 is 0 Å². The molecule has 0 aliphatic carbocycles. The van der Waals surface area contributed by atoms with E-state index in [0.29, 0.717) is 54.5 Å². The number of methoxy groups -OCH3 is 2. The summed E-state index contributed by atoms with van der Waals surface area (Å²) in [6, 6.07) is 14.0. The van der Waals surface area contributed by atoms with E-state index in [1.54, 1.807) is 34.9 Å². The van der Waals surface area contributed by atoms with Crippen LogP contribution in [0.2, 0.25) is 0 Å². The van der Waals surface area contributed by atoms with Gasteiger partial charge in [0.1, 0.15) is 5.76 Å². The van der Waals surface area contributed by atoms with Gasteiger partial charge in [0.25, 0.3) is 11.7 Å². The normalized spacial score (nSPS) is 19.3. The van der Waals surface area contributed by atoms with Gasteiger partial charge in [0.2, 0.25) is 0 Å². The van der Waals surface area contributed by atoms with Crippen LogP contribution in [0.25, 0.3) is 11.4 Å². The Labute approximate surface area is 233 Å². The lowest BCUT2D eigenvalue weighted by atomic mass is 9.95. The zero-order chi connectivity index (χ0) is 28.2. The Bertz CT molecular complexity index is 1410. The Hall–Kier alpha value is -4.15. The molecule has 2 saturated heterocycles. The lowest BCUT2D eigenvalue weighted by molar-refractivity contribution is -0.140. The predicted octanol–water partition coefficient (Wildman–Crippen LogP) is 3.34. The first kappa shape index (κ1) is 27.4. The van der Waals surface area contributed by atoms with Gasteiger partial charge in [0.15, 0.2) is 11.5 Å². The highest BCUT2D eigenvalue weighted by molar-refractivity contribution is 6.46. The van der Waals surface area contributed by atoms with E-state index in [1.807, 2.05) is 37.3 Å². The molecule has 10 heteroatoms. The number of benzene rings is 2. The maximum Gasteiger partial charge on any atom is 0.295 e. The average Bonchev–Trinajstić information content (AvgIpc) is 3.50. The molecule has 0 unspecified atom stereocenters. The monoisotopic (exact) mass is 546 g/mol. The largest absolute Gasteiger partial charge is 0.507 e. The Kier molecular flexibility index (Phi) is 8.18. The third-order valence-electron chi connectivity index (χ3n) is 7.51. The molecule has 0 bridgehead atoms. The van der Waals surface area contributed by atoms with Crippen LogP contribution in [-0.2, 0) is 14.3 Å². The molecule has 2 aromatic carbocycles. The van der Waals surface area contributed by atoms with Crippen LogP contribution in [0.15, 0.2) is 60.3 Å². The van der Waals surface area contributed by atoms with Gasteiger partial charge < -0.3 is 24.2 Å². The van der Waals surface area contributed by atoms with Crippen LogP contribution in [0, 0.1) is 6.92 Å². The standard InChI is InChI=1S/C30H34N4O6/c1-20-23(19-31-34(20)22-8-5-4-6-9-22)28(35)26-27(21-10-11-24(38-2)25(18-21)39-3)33(30(37)29(26)36)13-7-12-32-14-16-40-17-15-32/h4-6,8-11,18-19,27,35H,7,12-17H2,1-3H3/b28-26+/t27-/m1/s1. The second kappa shape index (κ2) is 11.9. The molecule has 1 atom stereocenters. The first-order valence-electron chi connectivity index (χ1n) is 13.4. The summed E-state index contributed by atoms with van der Waals surface area (Å²) in [6.07, 6.45) is 2.19. The van der Waals surface area contributed by atoms with Gasteiger partial charge in [0.05, 0.1) is 62.2 Å². The van der Waals surface area contributed by atoms with E-state index in [1.165, 1.54) is 13.3 Å². The number of amides is 1. The summed E-state index contributed by atoms with van der Waals surface area (Å²) in [5, 5.41) is 16.1. The quantitative estimate of drug-likeness (QED) is 0.248. The molecule has 3 heterocycles. The van der Waals surface area contributed by atoms with Crippen molar-refractivity contribution in [3.05, 3.63) is 77.1 Å². The van der Waals surface area contributed by atoms with Crippen molar-refractivity contribution in [2.75, 3.05) is 53.6 Å². The Morgan fingerprint density at radius 1 is 1.02 bits per heavy atom. The van der Waals surface area contributed by atoms with E-state index >= 15 is 0 Å². The van der Waals surface area contributed by atoms with Crippen LogP contribution in [0.4, 0.5) is 0 Å². The van der Waals surface area contributed by atoms with Crippen molar-refractivity contribution in [2.45, 2.75) is 19.4 Å². The summed E-state index contributed by atoms with van der Waals surface area (Å²) >= 11 is 0. The van der Waals surface area contributed by atoms with Crippen molar-refractivity contribution in [3.63, 3.8) is 0 Å². The Balaban J connectivity index is 1.55. The third kappa shape index (κ3) is 5.20. The molecule has 0 radical (unpaired) electrons. The van der Waals surface area contributed by atoms with Crippen molar-refractivity contribution in [1.82, 2.24) is 19.6 Å². The van der Waals surface area contributed by atoms with Crippen molar-refractivity contribution in [2.24, 2.45) is 0 Å². The number of nitrogens with zero attached hydrogens (tertiary/aromatic N) is 4. The number of hydrogen-bond donors (Lipinski definition) is 1. The summed E-state index contributed by atoms with van der Waals surface area (Å²) < 4.78 is 18.0. The summed E-state index contributed by atoms with van der Waals surface area (Å²) in [5.74, 6) is -0.636. The molecule has 1 aromatic heterocycles. The summed E-state index contributed by atoms with van der Waals surface area (Å²) in [6.45, 7) is 5.98. The van der Waals surface area contributed by atoms with E-state index in [0.717, 1.165) is 25.3 Å². The molecule has 1 amide bonds. The van der Waals surface area contributed by atoms with Crippen LogP contribution < -0.4 is 9.47 Å². The fraction of sp³-hybridized carbons (Fsp3) is 0.367. The number of morpholine rings is 1. The van der Waals surface area contributed by atoms with Gasteiger partial charge in [-0.25, -0.2) is 4.68 Å². The second-order valence-corrected chi connectivity index (χ2v) is 9.81. The van der Waals surface area contributed by atoms with Gasteiger partial charge in [-0.05, 0) is 43.2 Å². The molecule has 40 heavy (non-hydrogen) atoms. The predicted molar refractivity (Wildman–Crippen MR) is 149 cm³/mol. The van der Waals surface area contributed by atoms with Gasteiger partial charge in [-0.1, -0.05) is 24.3 Å². The number of ketones is 1. The molecule has 2 aliphatic rings. The van der Waals surface area contributed by atoms with Gasteiger partial charge in [-0.15, -0.1) is 0 Å². The van der Waals surface area contributed by atoms with E-state index in [-0.39, 0.29) is 11.3 Å². The molecule has 2 fully saturated rings. The number of rotatable bonds is 9. The second-order valence-electron chi connectivity index (χ2n) is 9.81. The highest BCUT2D eigenvalue weighted by Crippen LogP contribution is 2.42. The van der Waals surface area contributed by atoms with Gasteiger partial charge >= 0.3 is 0 Å². The molecule has 0 spiro atoms. The molecule has 5 rings (SSSR count). The van der Waals surface area contributed by atoms with Gasteiger partial charge in [0, 0.05) is 26.2 Å². The maximum atomic E-state index is 13.5. The number of para-hydroxylation sites is 1. The topological polar surface area (TPSA) is 106 Å². The Morgan fingerprint density at radius 2 is 1.75 bits per heavy atom. The van der Waals surface area contributed by atoms with Crippen LogP contribution in [0.5, 0.6) is 11.5 Å². The number of aliphatic hydroxyl groups excluding tert-OH is 1. The third-order valence-corrected chi connectivity index (χ3v) is 7.51. The Morgan fingerprint density at radius 3 is 2.45 bits per heavy atom. The highest BCUT2D eigenvalue weighted by Gasteiger charge is 2.46. The lowest BCUT2D eigenvalue weighted by Gasteiger charge is -2.29. The van der Waals surface area contributed by atoms with Crippen molar-refractivity contribution in [1.29, 1.82) is 0 Å². The van der Waals surface area contributed by atoms with E-state index < -0.39 is 17.7 Å². The van der Waals surface area contributed by atoms with Gasteiger partial charge in [-0.3, -0.25) is 14.5 Å². The number of Topliss-reactive ketones (excluding diaryl/α,β-unsaturated/α-hetero) is 1. The average molecular weight is 547 g/mol. The minimum Gasteiger partial charge on any atom is -0.507 e. The minimum atomic E-state index is -0.802. The molecule has 2 aliphatic heterocycles. The molecule has 10 nitrogen and oxygen atoms in total. The number of aliphatic hydroxyl groups is 1. The SMILES string of the molecule is COc1ccc([C@@H]2/C(=C(\O)c3cnn(-c4ccccc4)c3C)C(=O)C(=O)N2CCCN2CCOCC2)cc1OC. The van der Waals surface area contributed by atoms with Crippen molar-refractivity contribution in [3.8, 4) is 17.2 Å². The zero-order valence-corrected chi connectivity index (χ0v) is 23.0. The molecular weight excluding hydrogens is 512 g/mol. The zero-order valence-electron chi connectivity index (χ0n) is 23.0. The molecule has 0 saturated carbocycles. The summed E-state index contributed by atoms with van der Waals surface area (Å²) in [7, 11) is 3.07. The molecule has 3 aromatic rings. The van der Waals surface area contributed by atoms with Crippen LogP contribution in [0.3, 0.4) is 0 Å². The summed E-state index contributed by atoms with van der Waals surface area (Å²) in [5.41, 5.74) is 2.52. The fourth-order valence-corrected chi connectivity index (χ4v) is 5.39. The number of ether oxygens (including phenoxy) is 3. The number of likely N-dealkylation sites (tertiary alicyclic amines) is 1. The first-order chi connectivity index (χ1) is 19.4. The number of aromatic nitrogens is 2. The number of carbonyl (C=O) groups is 2. The van der Waals surface area contributed by atoms with Crippen molar-refractivity contribution < 1.29 is 28.9 Å². The molecule has 1 N–H and O–H groups in total.